The van der Waals surface area contributed by atoms with Crippen LogP contribution in [-0.4, -0.2) is 12.7 Å². The Bertz CT molecular complexity index is 371. The Kier molecular flexibility index (Phi) is 6.86. The highest BCUT2D eigenvalue weighted by molar-refractivity contribution is 7.10. The summed E-state index contributed by atoms with van der Waals surface area (Å²) in [5.41, 5.74) is 2.16. The van der Waals surface area contributed by atoms with Crippen molar-refractivity contribution >= 4 is 11.3 Å². The summed E-state index contributed by atoms with van der Waals surface area (Å²) >= 11 is 1.67. The maximum atomic E-state index is 12.0. The number of nitrogens with one attached hydrogen (secondary N) is 1. The third-order valence-corrected chi connectivity index (χ3v) is 4.34. The van der Waals surface area contributed by atoms with E-state index in [0.29, 0.717) is 6.54 Å². The Balaban J connectivity index is 2.38. The molecule has 1 heterocycles. The zero-order valence-electron chi connectivity index (χ0n) is 11.6. The highest BCUT2D eigenvalue weighted by Crippen LogP contribution is 2.24. The molecule has 0 spiro atoms. The highest BCUT2D eigenvalue weighted by Gasteiger charge is 2.26. The molecule has 0 atom stereocenters. The van der Waals surface area contributed by atoms with Crippen LogP contribution < -0.4 is 5.32 Å². The van der Waals surface area contributed by atoms with Crippen molar-refractivity contribution in [3.63, 3.8) is 0 Å². The summed E-state index contributed by atoms with van der Waals surface area (Å²) < 4.78 is 36.1. The second-order valence-electron chi connectivity index (χ2n) is 4.84. The molecular weight excluding hydrogens is 271 g/mol. The molecule has 5 heteroatoms. The van der Waals surface area contributed by atoms with Crippen LogP contribution in [-0.2, 0) is 13.0 Å². The van der Waals surface area contributed by atoms with E-state index in [-0.39, 0.29) is 0 Å². The van der Waals surface area contributed by atoms with E-state index in [9.17, 15) is 13.2 Å². The normalized spacial score (nSPS) is 12.1. The molecule has 0 saturated carbocycles. The van der Waals surface area contributed by atoms with E-state index in [0.717, 1.165) is 17.5 Å². The summed E-state index contributed by atoms with van der Waals surface area (Å²) in [4.78, 5) is 1.32. The first-order valence-corrected chi connectivity index (χ1v) is 7.65. The van der Waals surface area contributed by atoms with Gasteiger partial charge in [0, 0.05) is 11.4 Å². The van der Waals surface area contributed by atoms with Crippen LogP contribution >= 0.6 is 11.3 Å². The molecule has 0 aliphatic heterocycles. The number of thiophene rings is 1. The van der Waals surface area contributed by atoms with E-state index in [1.54, 1.807) is 11.3 Å². The average Bonchev–Trinajstić information content (AvgIpc) is 2.65. The van der Waals surface area contributed by atoms with Crippen molar-refractivity contribution in [1.82, 2.24) is 5.32 Å². The summed E-state index contributed by atoms with van der Waals surface area (Å²) in [6.07, 6.45) is 1.79. The lowest BCUT2D eigenvalue weighted by molar-refractivity contribution is -0.125. The number of unbranched alkanes of at least 4 members (excludes halogenated alkanes) is 3. The topological polar surface area (TPSA) is 12.0 Å². The van der Waals surface area contributed by atoms with Crippen molar-refractivity contribution in [1.29, 1.82) is 0 Å². The van der Waals surface area contributed by atoms with E-state index in [1.165, 1.54) is 30.6 Å². The number of alkyl halides is 3. The average molecular weight is 293 g/mol. The molecule has 1 aromatic rings. The van der Waals surface area contributed by atoms with Gasteiger partial charge < -0.3 is 5.32 Å². The summed E-state index contributed by atoms with van der Waals surface area (Å²) in [6.45, 7) is 3.57. The Hall–Kier alpha value is -0.550. The zero-order chi connectivity index (χ0) is 14.3. The van der Waals surface area contributed by atoms with Crippen molar-refractivity contribution < 1.29 is 13.2 Å². The second-order valence-corrected chi connectivity index (χ2v) is 5.80. The Morgan fingerprint density at radius 3 is 2.58 bits per heavy atom. The monoisotopic (exact) mass is 293 g/mol. The van der Waals surface area contributed by atoms with Gasteiger partial charge in [0.1, 0.15) is 0 Å². The van der Waals surface area contributed by atoms with Crippen LogP contribution in [0.3, 0.4) is 0 Å². The van der Waals surface area contributed by atoms with E-state index in [1.807, 2.05) is 12.3 Å². The molecule has 110 valence electrons. The minimum Gasteiger partial charge on any atom is -0.305 e. The van der Waals surface area contributed by atoms with Crippen LogP contribution in [0.15, 0.2) is 5.38 Å². The molecule has 0 saturated heterocycles. The third kappa shape index (κ3) is 6.43. The molecule has 1 N–H and O–H groups in total. The van der Waals surface area contributed by atoms with E-state index < -0.39 is 12.7 Å². The fourth-order valence-corrected chi connectivity index (χ4v) is 3.08. The Morgan fingerprint density at radius 1 is 1.21 bits per heavy atom. The number of rotatable bonds is 8. The summed E-state index contributed by atoms with van der Waals surface area (Å²) in [5.74, 6) is 0. The predicted octanol–water partition coefficient (Wildman–Crippen LogP) is 4.83. The van der Waals surface area contributed by atoms with Crippen molar-refractivity contribution in [2.24, 2.45) is 0 Å². The molecule has 0 aliphatic carbocycles. The second kappa shape index (κ2) is 7.90. The molecule has 1 rings (SSSR count). The van der Waals surface area contributed by atoms with Gasteiger partial charge in [-0.15, -0.1) is 11.3 Å². The Labute approximate surface area is 117 Å². The predicted molar refractivity (Wildman–Crippen MR) is 74.7 cm³/mol. The highest BCUT2D eigenvalue weighted by atomic mass is 32.1. The fourth-order valence-electron chi connectivity index (χ4n) is 1.97. The van der Waals surface area contributed by atoms with Gasteiger partial charge in [0.2, 0.25) is 0 Å². The van der Waals surface area contributed by atoms with Crippen LogP contribution in [0.25, 0.3) is 0 Å². The number of aryl methyl sites for hydroxylation is 1. The van der Waals surface area contributed by atoms with Crippen molar-refractivity contribution in [2.75, 3.05) is 6.54 Å². The molecule has 0 fully saturated rings. The summed E-state index contributed by atoms with van der Waals surface area (Å²) in [6, 6.07) is 0. The molecule has 0 radical (unpaired) electrons. The lowest BCUT2D eigenvalue weighted by atomic mass is 10.1. The van der Waals surface area contributed by atoms with E-state index in [4.69, 9.17) is 0 Å². The first kappa shape index (κ1) is 16.5. The van der Waals surface area contributed by atoms with Crippen molar-refractivity contribution in [3.8, 4) is 0 Å². The minimum absolute atomic E-state index is 0.302. The SMILES string of the molecule is CCCCCCc1scc(CNCC(F)(F)F)c1C. The van der Waals surface area contributed by atoms with Gasteiger partial charge in [0.25, 0.3) is 0 Å². The van der Waals surface area contributed by atoms with Crippen LogP contribution in [0.4, 0.5) is 13.2 Å². The quantitative estimate of drug-likeness (QED) is 0.677. The number of hydrogen-bond donors (Lipinski definition) is 1. The lowest BCUT2D eigenvalue weighted by Crippen LogP contribution is -2.28. The van der Waals surface area contributed by atoms with Gasteiger partial charge in [-0.1, -0.05) is 26.2 Å². The summed E-state index contributed by atoms with van der Waals surface area (Å²) in [7, 11) is 0. The molecule has 19 heavy (non-hydrogen) atoms. The fraction of sp³-hybridized carbons (Fsp3) is 0.714. The van der Waals surface area contributed by atoms with Crippen LogP contribution in [0.5, 0.6) is 0 Å². The molecule has 0 amide bonds. The maximum Gasteiger partial charge on any atom is 0.401 e. The molecule has 1 nitrogen and oxygen atoms in total. The zero-order valence-corrected chi connectivity index (χ0v) is 12.4. The van der Waals surface area contributed by atoms with Gasteiger partial charge in [-0.3, -0.25) is 0 Å². The molecule has 0 bridgehead atoms. The first-order valence-electron chi connectivity index (χ1n) is 6.77. The van der Waals surface area contributed by atoms with Gasteiger partial charge in [-0.05, 0) is 36.3 Å². The number of hydrogen-bond acceptors (Lipinski definition) is 2. The largest absolute Gasteiger partial charge is 0.401 e. The lowest BCUT2D eigenvalue weighted by Gasteiger charge is -2.08. The molecule has 0 aliphatic rings. The molecule has 1 aromatic heterocycles. The van der Waals surface area contributed by atoms with Crippen LogP contribution in [0, 0.1) is 6.92 Å². The molecule has 0 unspecified atom stereocenters. The summed E-state index contributed by atoms with van der Waals surface area (Å²) in [5, 5.41) is 4.43. The van der Waals surface area contributed by atoms with Gasteiger partial charge in [0.15, 0.2) is 0 Å². The van der Waals surface area contributed by atoms with Gasteiger partial charge in [0.05, 0.1) is 6.54 Å². The van der Waals surface area contributed by atoms with Crippen molar-refractivity contribution in [3.05, 3.63) is 21.4 Å². The third-order valence-electron chi connectivity index (χ3n) is 3.14. The van der Waals surface area contributed by atoms with Crippen LogP contribution in [0.1, 0.15) is 48.6 Å². The maximum absolute atomic E-state index is 12.0. The first-order chi connectivity index (χ1) is 8.94. The van der Waals surface area contributed by atoms with E-state index in [2.05, 4.69) is 12.2 Å². The van der Waals surface area contributed by atoms with Crippen molar-refractivity contribution in [2.45, 2.75) is 58.7 Å². The van der Waals surface area contributed by atoms with Crippen LogP contribution in [0.2, 0.25) is 0 Å². The molecule has 0 aromatic carbocycles. The Morgan fingerprint density at radius 2 is 1.95 bits per heavy atom. The van der Waals surface area contributed by atoms with E-state index >= 15 is 0 Å². The minimum atomic E-state index is -4.13. The standard InChI is InChI=1S/C14H22F3NS/c1-3-4-5-6-7-13-11(2)12(9-19-13)8-18-10-14(15,16)17/h9,18H,3-8,10H2,1-2H3. The molecular formula is C14H22F3NS. The smallest absolute Gasteiger partial charge is 0.305 e. The number of halogens is 3. The van der Waals surface area contributed by atoms with Gasteiger partial charge in [-0.2, -0.15) is 13.2 Å². The van der Waals surface area contributed by atoms with Gasteiger partial charge >= 0.3 is 6.18 Å². The van der Waals surface area contributed by atoms with Gasteiger partial charge in [-0.25, -0.2) is 0 Å².